The van der Waals surface area contributed by atoms with Crippen molar-refractivity contribution in [2.75, 3.05) is 31.2 Å². The summed E-state index contributed by atoms with van der Waals surface area (Å²) in [4.78, 5) is 19.1. The molecule has 1 amide bonds. The zero-order valence-electron chi connectivity index (χ0n) is 16.0. The Balaban J connectivity index is 1.23. The third-order valence-corrected chi connectivity index (χ3v) is 5.28. The topological polar surface area (TPSA) is 114 Å². The molecule has 0 radical (unpaired) electrons. The van der Waals surface area contributed by atoms with E-state index in [0.717, 1.165) is 49.7 Å². The summed E-state index contributed by atoms with van der Waals surface area (Å²) in [7, 11) is 0. The number of fused-ring (bicyclic) bond motifs is 1. The molecule has 2 aromatic heterocycles. The summed E-state index contributed by atoms with van der Waals surface area (Å²) >= 11 is 0. The highest BCUT2D eigenvalue weighted by molar-refractivity contribution is 5.94. The van der Waals surface area contributed by atoms with Crippen LogP contribution in [0.4, 0.5) is 5.95 Å². The lowest BCUT2D eigenvalue weighted by molar-refractivity contribution is 0.0949. The van der Waals surface area contributed by atoms with Gasteiger partial charge in [-0.2, -0.15) is 4.98 Å². The van der Waals surface area contributed by atoms with Crippen LogP contribution in [0.15, 0.2) is 24.3 Å². The zero-order valence-corrected chi connectivity index (χ0v) is 16.0. The van der Waals surface area contributed by atoms with Crippen molar-refractivity contribution in [3.8, 4) is 11.4 Å². The number of aryl methyl sites for hydroxylation is 1. The van der Waals surface area contributed by atoms with Gasteiger partial charge in [0.1, 0.15) is 5.82 Å². The summed E-state index contributed by atoms with van der Waals surface area (Å²) in [5.74, 6) is 3.02. The minimum atomic E-state index is -0.140. The van der Waals surface area contributed by atoms with Gasteiger partial charge < -0.3 is 19.5 Å². The number of aromatic nitrogens is 6. The lowest BCUT2D eigenvalue weighted by atomic mass is 10.1. The number of hydrogen-bond donors (Lipinski definition) is 2. The molecule has 4 heterocycles. The molecule has 1 aromatic carbocycles. The monoisotopic (exact) mass is 394 g/mol. The summed E-state index contributed by atoms with van der Waals surface area (Å²) in [6, 6.07) is 7.31. The molecule has 0 saturated carbocycles. The van der Waals surface area contributed by atoms with Crippen LogP contribution in [0.1, 0.15) is 28.4 Å². The summed E-state index contributed by atoms with van der Waals surface area (Å²) in [6.07, 6.45) is 2.04. The summed E-state index contributed by atoms with van der Waals surface area (Å²) in [6.45, 7) is 4.23. The van der Waals surface area contributed by atoms with Gasteiger partial charge in [-0.3, -0.25) is 9.89 Å². The van der Waals surface area contributed by atoms with Crippen molar-refractivity contribution in [1.82, 2.24) is 35.3 Å². The van der Waals surface area contributed by atoms with E-state index in [1.165, 1.54) is 0 Å². The fourth-order valence-electron chi connectivity index (χ4n) is 3.67. The normalized spacial score (nSPS) is 16.1. The van der Waals surface area contributed by atoms with Gasteiger partial charge in [0.2, 0.25) is 5.95 Å². The number of aromatic amines is 1. The molecule has 29 heavy (non-hydrogen) atoms. The van der Waals surface area contributed by atoms with E-state index < -0.39 is 0 Å². The van der Waals surface area contributed by atoms with Crippen molar-refractivity contribution in [1.29, 1.82) is 0 Å². The first kappa shape index (κ1) is 17.8. The van der Waals surface area contributed by atoms with Crippen molar-refractivity contribution in [2.24, 2.45) is 0 Å². The molecule has 10 heteroatoms. The van der Waals surface area contributed by atoms with Gasteiger partial charge in [0.05, 0.1) is 19.8 Å². The van der Waals surface area contributed by atoms with Crippen molar-refractivity contribution in [2.45, 2.75) is 25.9 Å². The summed E-state index contributed by atoms with van der Waals surface area (Å²) in [5.41, 5.74) is 1.46. The van der Waals surface area contributed by atoms with Crippen LogP contribution in [0.3, 0.4) is 0 Å². The Morgan fingerprint density at radius 3 is 2.79 bits per heavy atom. The number of benzene rings is 1. The lowest BCUT2D eigenvalue weighted by Gasteiger charge is -2.25. The molecule has 0 unspecified atom stereocenters. The van der Waals surface area contributed by atoms with E-state index in [4.69, 9.17) is 4.74 Å². The van der Waals surface area contributed by atoms with Crippen molar-refractivity contribution >= 4 is 11.9 Å². The molecule has 2 aliphatic heterocycles. The second-order valence-corrected chi connectivity index (χ2v) is 7.13. The number of H-pyrrole nitrogens is 1. The van der Waals surface area contributed by atoms with Crippen molar-refractivity contribution in [3.63, 3.8) is 0 Å². The molecule has 0 aliphatic carbocycles. The molecular formula is C19H22N8O2. The van der Waals surface area contributed by atoms with Gasteiger partial charge in [-0.15, -0.1) is 15.3 Å². The number of rotatable bonds is 5. The van der Waals surface area contributed by atoms with Crippen molar-refractivity contribution in [3.05, 3.63) is 41.5 Å². The van der Waals surface area contributed by atoms with Crippen LogP contribution >= 0.6 is 0 Å². The lowest BCUT2D eigenvalue weighted by Crippen LogP contribution is -2.36. The average molecular weight is 394 g/mol. The van der Waals surface area contributed by atoms with Crippen LogP contribution in [0.25, 0.3) is 11.4 Å². The quantitative estimate of drug-likeness (QED) is 0.657. The van der Waals surface area contributed by atoms with E-state index in [-0.39, 0.29) is 5.91 Å². The van der Waals surface area contributed by atoms with Gasteiger partial charge in [-0.05, 0) is 18.6 Å². The molecule has 5 rings (SSSR count). The van der Waals surface area contributed by atoms with Crippen LogP contribution in [0.5, 0.6) is 0 Å². The van der Waals surface area contributed by atoms with Gasteiger partial charge in [-0.25, -0.2) is 0 Å². The van der Waals surface area contributed by atoms with Gasteiger partial charge in [0.25, 0.3) is 5.91 Å². The number of ether oxygens (including phenoxy) is 1. The van der Waals surface area contributed by atoms with E-state index in [2.05, 4.69) is 40.2 Å². The largest absolute Gasteiger partial charge is 0.378 e. The van der Waals surface area contributed by atoms with E-state index in [1.807, 2.05) is 12.1 Å². The Labute approximate surface area is 167 Å². The van der Waals surface area contributed by atoms with Crippen LogP contribution in [-0.2, 0) is 24.2 Å². The van der Waals surface area contributed by atoms with E-state index in [9.17, 15) is 4.79 Å². The maximum Gasteiger partial charge on any atom is 0.251 e. The number of amides is 1. The number of hydrogen-bond acceptors (Lipinski definition) is 7. The number of morpholine rings is 1. The molecule has 3 aromatic rings. The van der Waals surface area contributed by atoms with Crippen molar-refractivity contribution < 1.29 is 9.53 Å². The summed E-state index contributed by atoms with van der Waals surface area (Å²) < 4.78 is 7.44. The molecule has 0 atom stereocenters. The predicted molar refractivity (Wildman–Crippen MR) is 104 cm³/mol. The van der Waals surface area contributed by atoms with Gasteiger partial charge in [0.15, 0.2) is 11.6 Å². The predicted octanol–water partition coefficient (Wildman–Crippen LogP) is 0.776. The fourth-order valence-corrected chi connectivity index (χ4v) is 3.67. The number of nitrogens with zero attached hydrogens (tertiary/aromatic N) is 6. The van der Waals surface area contributed by atoms with Crippen LogP contribution < -0.4 is 10.2 Å². The fraction of sp³-hybridized carbons (Fsp3) is 0.421. The molecule has 0 spiro atoms. The highest BCUT2D eigenvalue weighted by Crippen LogP contribution is 2.19. The van der Waals surface area contributed by atoms with Crippen LogP contribution in [-0.4, -0.2) is 62.2 Å². The standard InChI is InChI=1S/C19H22N8O2/c28-18(20-12-16-23-22-15-2-1-7-27(15)16)14-5-3-13(4-6-14)17-21-19(25-24-17)26-8-10-29-11-9-26/h3-6H,1-2,7-12H2,(H,20,28)(H,21,24,25). The second kappa shape index (κ2) is 7.63. The molecule has 10 nitrogen and oxygen atoms in total. The molecule has 150 valence electrons. The zero-order chi connectivity index (χ0) is 19.6. The first-order valence-electron chi connectivity index (χ1n) is 9.82. The summed E-state index contributed by atoms with van der Waals surface area (Å²) in [5, 5.41) is 18.5. The Hall–Kier alpha value is -3.27. The van der Waals surface area contributed by atoms with E-state index in [1.54, 1.807) is 12.1 Å². The van der Waals surface area contributed by atoms with Gasteiger partial charge >= 0.3 is 0 Å². The number of carbonyl (C=O) groups is 1. The molecule has 1 saturated heterocycles. The van der Waals surface area contributed by atoms with E-state index in [0.29, 0.717) is 37.1 Å². The Morgan fingerprint density at radius 1 is 1.14 bits per heavy atom. The average Bonchev–Trinajstić information content (AvgIpc) is 3.50. The Kier molecular flexibility index (Phi) is 4.68. The van der Waals surface area contributed by atoms with Gasteiger partial charge in [0, 0.05) is 37.2 Å². The number of anilines is 1. The third kappa shape index (κ3) is 3.58. The smallest absolute Gasteiger partial charge is 0.251 e. The van der Waals surface area contributed by atoms with E-state index >= 15 is 0 Å². The second-order valence-electron chi connectivity index (χ2n) is 7.13. The maximum atomic E-state index is 12.5. The maximum absolute atomic E-state index is 12.5. The molecule has 0 bridgehead atoms. The number of nitrogens with one attached hydrogen (secondary N) is 2. The minimum Gasteiger partial charge on any atom is -0.378 e. The third-order valence-electron chi connectivity index (χ3n) is 5.28. The first-order valence-corrected chi connectivity index (χ1v) is 9.82. The van der Waals surface area contributed by atoms with Crippen LogP contribution in [0, 0.1) is 0 Å². The Morgan fingerprint density at radius 2 is 1.97 bits per heavy atom. The SMILES string of the molecule is O=C(NCc1nnc2n1CCC2)c1ccc(-c2nc(N3CCOCC3)n[nH]2)cc1. The highest BCUT2D eigenvalue weighted by atomic mass is 16.5. The van der Waals surface area contributed by atoms with Crippen LogP contribution in [0.2, 0.25) is 0 Å². The molecule has 2 N–H and O–H groups in total. The minimum absolute atomic E-state index is 0.140. The molecule has 1 fully saturated rings. The first-order chi connectivity index (χ1) is 14.3. The van der Waals surface area contributed by atoms with Gasteiger partial charge in [-0.1, -0.05) is 12.1 Å². The molecular weight excluding hydrogens is 372 g/mol. The molecule has 2 aliphatic rings. The number of carbonyl (C=O) groups excluding carboxylic acids is 1. The Bertz CT molecular complexity index is 1000. The highest BCUT2D eigenvalue weighted by Gasteiger charge is 2.18.